The molecule has 1 rings (SSSR count). The van der Waals surface area contributed by atoms with Crippen LogP contribution in [0.3, 0.4) is 0 Å². The van der Waals surface area contributed by atoms with Gasteiger partial charge in [0.1, 0.15) is 6.54 Å². The van der Waals surface area contributed by atoms with Gasteiger partial charge in [-0.2, -0.15) is 0 Å². The van der Waals surface area contributed by atoms with E-state index in [1.807, 2.05) is 0 Å². The Labute approximate surface area is 119 Å². The first kappa shape index (κ1) is 16.3. The number of amides is 3. The second-order valence-corrected chi connectivity index (χ2v) is 5.78. The van der Waals surface area contributed by atoms with E-state index < -0.39 is 11.4 Å². The summed E-state index contributed by atoms with van der Waals surface area (Å²) in [6.07, 6.45) is 0.868. The van der Waals surface area contributed by atoms with Crippen LogP contribution in [0.4, 0.5) is 4.79 Å². The molecule has 7 nitrogen and oxygen atoms in total. The zero-order chi connectivity index (χ0) is 15.5. The van der Waals surface area contributed by atoms with E-state index in [0.29, 0.717) is 25.9 Å². The minimum atomic E-state index is -0.819. The third-order valence-electron chi connectivity index (χ3n) is 3.85. The van der Waals surface area contributed by atoms with E-state index in [-0.39, 0.29) is 18.5 Å². The second-order valence-electron chi connectivity index (χ2n) is 5.78. The van der Waals surface area contributed by atoms with E-state index in [2.05, 4.69) is 0 Å². The van der Waals surface area contributed by atoms with E-state index in [4.69, 9.17) is 5.11 Å². The molecule has 1 fully saturated rings. The first-order valence-electron chi connectivity index (χ1n) is 6.61. The molecule has 1 saturated heterocycles. The van der Waals surface area contributed by atoms with Crippen molar-refractivity contribution in [3.8, 4) is 0 Å². The summed E-state index contributed by atoms with van der Waals surface area (Å²) in [5.74, 6) is -0.964. The Morgan fingerprint density at radius 2 is 1.65 bits per heavy atom. The number of urea groups is 1. The van der Waals surface area contributed by atoms with Crippen molar-refractivity contribution in [3.05, 3.63) is 0 Å². The number of nitrogens with zero attached hydrogens (tertiary/aromatic N) is 3. The highest BCUT2D eigenvalue weighted by atomic mass is 16.4. The molecule has 0 aliphatic carbocycles. The Morgan fingerprint density at radius 3 is 2.05 bits per heavy atom. The van der Waals surface area contributed by atoms with Gasteiger partial charge in [0.15, 0.2) is 0 Å². The molecule has 0 bridgehead atoms. The molecule has 0 radical (unpaired) electrons. The third kappa shape index (κ3) is 3.61. The molecule has 3 amide bonds. The minimum absolute atomic E-state index is 0.0263. The first-order chi connectivity index (χ1) is 9.17. The summed E-state index contributed by atoms with van der Waals surface area (Å²) in [6.45, 7) is 2.54. The van der Waals surface area contributed by atoms with E-state index in [1.165, 1.54) is 9.80 Å². The number of rotatable bonds is 3. The smallest absolute Gasteiger partial charge is 0.320 e. The molecule has 0 aromatic carbocycles. The highest BCUT2D eigenvalue weighted by Crippen LogP contribution is 2.31. The highest BCUT2D eigenvalue weighted by molar-refractivity contribution is 5.84. The Balaban J connectivity index is 2.54. The molecule has 1 aliphatic rings. The number of likely N-dealkylation sites (tertiary alicyclic amines) is 1. The van der Waals surface area contributed by atoms with Gasteiger partial charge in [-0.15, -0.1) is 0 Å². The molecular weight excluding hydrogens is 262 g/mol. The van der Waals surface area contributed by atoms with Crippen molar-refractivity contribution in [2.24, 2.45) is 5.41 Å². The third-order valence-corrected chi connectivity index (χ3v) is 3.85. The predicted octanol–water partition coefficient (Wildman–Crippen LogP) is 0.313. The van der Waals surface area contributed by atoms with Crippen molar-refractivity contribution in [1.29, 1.82) is 0 Å². The number of likely N-dealkylation sites (N-methyl/N-ethyl adjacent to an activating group) is 2. The van der Waals surface area contributed by atoms with Crippen molar-refractivity contribution >= 4 is 17.9 Å². The van der Waals surface area contributed by atoms with Crippen molar-refractivity contribution in [2.75, 3.05) is 40.8 Å². The fourth-order valence-corrected chi connectivity index (χ4v) is 2.06. The van der Waals surface area contributed by atoms with Crippen LogP contribution in [0.5, 0.6) is 0 Å². The van der Waals surface area contributed by atoms with Crippen LogP contribution < -0.4 is 0 Å². The Kier molecular flexibility index (Phi) is 4.97. The van der Waals surface area contributed by atoms with Gasteiger partial charge in [-0.1, -0.05) is 0 Å². The van der Waals surface area contributed by atoms with Crippen LogP contribution in [-0.2, 0) is 9.59 Å². The molecular formula is C13H23N3O4. The number of carboxylic acid groups (broad SMARTS) is 1. The second kappa shape index (κ2) is 6.11. The summed E-state index contributed by atoms with van der Waals surface area (Å²) in [7, 11) is 4.86. The number of hydrogen-bond donors (Lipinski definition) is 1. The van der Waals surface area contributed by atoms with Crippen LogP contribution in [0.2, 0.25) is 0 Å². The Bertz CT molecular complexity index is 400. The maximum atomic E-state index is 12.2. The summed E-state index contributed by atoms with van der Waals surface area (Å²) in [5.41, 5.74) is -0.755. The predicted molar refractivity (Wildman–Crippen MR) is 73.3 cm³/mol. The first-order valence-corrected chi connectivity index (χ1v) is 6.61. The van der Waals surface area contributed by atoms with Crippen LogP contribution in [0, 0.1) is 5.41 Å². The molecule has 7 heteroatoms. The Hall–Kier alpha value is -1.79. The van der Waals surface area contributed by atoms with E-state index in [1.54, 1.807) is 33.0 Å². The maximum Gasteiger partial charge on any atom is 0.320 e. The quantitative estimate of drug-likeness (QED) is 0.809. The lowest BCUT2D eigenvalue weighted by molar-refractivity contribution is -0.150. The molecule has 0 aromatic rings. The molecule has 1 aliphatic heterocycles. The summed E-state index contributed by atoms with van der Waals surface area (Å²) >= 11 is 0. The molecule has 1 heterocycles. The van der Waals surface area contributed by atoms with Gasteiger partial charge in [0.25, 0.3) is 0 Å². The molecule has 0 unspecified atom stereocenters. The molecule has 0 aromatic heterocycles. The van der Waals surface area contributed by atoms with Crippen LogP contribution in [-0.4, -0.2) is 78.5 Å². The van der Waals surface area contributed by atoms with Crippen molar-refractivity contribution in [3.63, 3.8) is 0 Å². The zero-order valence-corrected chi connectivity index (χ0v) is 12.5. The summed E-state index contributed by atoms with van der Waals surface area (Å²) in [6, 6.07) is -0.229. The minimum Gasteiger partial charge on any atom is -0.481 e. The van der Waals surface area contributed by atoms with Crippen LogP contribution in [0.15, 0.2) is 0 Å². The van der Waals surface area contributed by atoms with Gasteiger partial charge in [0.2, 0.25) is 5.91 Å². The SMILES string of the molecule is CN(C)C(=O)CN(C)C(=O)N1CCC(C)(C(=O)O)CC1. The van der Waals surface area contributed by atoms with Crippen molar-refractivity contribution in [2.45, 2.75) is 19.8 Å². The van der Waals surface area contributed by atoms with Gasteiger partial charge in [-0.25, -0.2) is 4.79 Å². The lowest BCUT2D eigenvalue weighted by Gasteiger charge is -2.38. The highest BCUT2D eigenvalue weighted by Gasteiger charge is 2.38. The van der Waals surface area contributed by atoms with Crippen molar-refractivity contribution in [1.82, 2.24) is 14.7 Å². The van der Waals surface area contributed by atoms with E-state index in [9.17, 15) is 14.4 Å². The van der Waals surface area contributed by atoms with Gasteiger partial charge in [0.05, 0.1) is 5.41 Å². The molecule has 1 N–H and O–H groups in total. The van der Waals surface area contributed by atoms with Gasteiger partial charge in [-0.3, -0.25) is 9.59 Å². The number of piperidine rings is 1. The fraction of sp³-hybridized carbons (Fsp3) is 0.769. The van der Waals surface area contributed by atoms with Gasteiger partial charge in [-0.05, 0) is 19.8 Å². The van der Waals surface area contributed by atoms with E-state index >= 15 is 0 Å². The van der Waals surface area contributed by atoms with Crippen LogP contribution in [0.25, 0.3) is 0 Å². The van der Waals surface area contributed by atoms with Gasteiger partial charge >= 0.3 is 12.0 Å². The summed E-state index contributed by atoms with van der Waals surface area (Å²) in [4.78, 5) is 39.3. The number of hydrogen-bond acceptors (Lipinski definition) is 3. The van der Waals surface area contributed by atoms with E-state index in [0.717, 1.165) is 0 Å². The number of carbonyl (C=O) groups excluding carboxylic acids is 2. The number of carboxylic acids is 1. The van der Waals surface area contributed by atoms with Crippen LogP contribution >= 0.6 is 0 Å². The largest absolute Gasteiger partial charge is 0.481 e. The maximum absolute atomic E-state index is 12.2. The molecule has 20 heavy (non-hydrogen) atoms. The average Bonchev–Trinajstić information content (AvgIpc) is 2.38. The molecule has 0 spiro atoms. The van der Waals surface area contributed by atoms with Crippen molar-refractivity contribution < 1.29 is 19.5 Å². The monoisotopic (exact) mass is 285 g/mol. The van der Waals surface area contributed by atoms with Gasteiger partial charge in [0, 0.05) is 34.2 Å². The molecule has 0 saturated carbocycles. The summed E-state index contributed by atoms with van der Waals surface area (Å²) < 4.78 is 0. The topological polar surface area (TPSA) is 81.2 Å². The molecule has 0 atom stereocenters. The summed E-state index contributed by atoms with van der Waals surface area (Å²) in [5, 5.41) is 9.15. The standard InChI is InChI=1S/C13H23N3O4/c1-13(11(18)19)5-7-16(8-6-13)12(20)15(4)9-10(17)14(2)3/h5-9H2,1-4H3,(H,18,19). The van der Waals surface area contributed by atoms with Crippen LogP contribution in [0.1, 0.15) is 19.8 Å². The van der Waals surface area contributed by atoms with Gasteiger partial charge < -0.3 is 19.8 Å². The zero-order valence-electron chi connectivity index (χ0n) is 12.5. The number of carbonyl (C=O) groups is 3. The lowest BCUT2D eigenvalue weighted by Crippen LogP contribution is -2.50. The number of aliphatic carboxylic acids is 1. The normalized spacial score (nSPS) is 17.5. The molecule has 114 valence electrons. The fourth-order valence-electron chi connectivity index (χ4n) is 2.06. The average molecular weight is 285 g/mol. The lowest BCUT2D eigenvalue weighted by atomic mass is 9.80. The Morgan fingerprint density at radius 1 is 1.15 bits per heavy atom.